The molecular weight excluding hydrogens is 188 g/mol. The molecule has 2 aliphatic rings. The van der Waals surface area contributed by atoms with Crippen molar-refractivity contribution in [2.45, 2.75) is 44.2 Å². The van der Waals surface area contributed by atoms with E-state index in [9.17, 15) is 0 Å². The highest BCUT2D eigenvalue weighted by molar-refractivity contribution is 4.91. The van der Waals surface area contributed by atoms with Crippen LogP contribution in [0.5, 0.6) is 0 Å². The van der Waals surface area contributed by atoms with E-state index in [-0.39, 0.29) is 0 Å². The molecule has 1 saturated heterocycles. The molecule has 3 nitrogen and oxygen atoms in total. The number of ether oxygens (including phenoxy) is 1. The predicted molar refractivity (Wildman–Crippen MR) is 62.1 cm³/mol. The van der Waals surface area contributed by atoms with Gasteiger partial charge in [0.05, 0.1) is 0 Å². The third kappa shape index (κ3) is 2.92. The lowest BCUT2D eigenvalue weighted by Crippen LogP contribution is -2.59. The predicted octanol–water partition coefficient (Wildman–Crippen LogP) is 1.24. The largest absolute Gasteiger partial charge is 0.385 e. The third-order valence-corrected chi connectivity index (χ3v) is 3.80. The van der Waals surface area contributed by atoms with Gasteiger partial charge in [0.2, 0.25) is 0 Å². The van der Waals surface area contributed by atoms with Crippen molar-refractivity contribution in [1.82, 2.24) is 10.2 Å². The van der Waals surface area contributed by atoms with Crippen molar-refractivity contribution in [2.24, 2.45) is 0 Å². The maximum atomic E-state index is 5.13. The van der Waals surface area contributed by atoms with Crippen LogP contribution < -0.4 is 5.32 Å². The van der Waals surface area contributed by atoms with Crippen molar-refractivity contribution in [3.8, 4) is 0 Å². The molecule has 0 amide bonds. The summed E-state index contributed by atoms with van der Waals surface area (Å²) in [5, 5.41) is 3.67. The molecule has 0 radical (unpaired) electrons. The molecule has 0 unspecified atom stereocenters. The second-order valence-corrected chi connectivity index (χ2v) is 4.79. The first-order valence-electron chi connectivity index (χ1n) is 6.38. The molecule has 1 aliphatic heterocycles. The van der Waals surface area contributed by atoms with E-state index in [4.69, 9.17) is 4.74 Å². The molecule has 2 fully saturated rings. The van der Waals surface area contributed by atoms with Crippen LogP contribution >= 0.6 is 0 Å². The van der Waals surface area contributed by atoms with Crippen LogP contribution in [0.3, 0.4) is 0 Å². The van der Waals surface area contributed by atoms with Gasteiger partial charge in [-0.3, -0.25) is 4.90 Å². The van der Waals surface area contributed by atoms with Gasteiger partial charge in [-0.1, -0.05) is 12.8 Å². The van der Waals surface area contributed by atoms with E-state index >= 15 is 0 Å². The van der Waals surface area contributed by atoms with Crippen LogP contribution in [0.1, 0.15) is 32.1 Å². The summed E-state index contributed by atoms with van der Waals surface area (Å²) in [5.74, 6) is 0. The zero-order valence-corrected chi connectivity index (χ0v) is 9.87. The molecule has 2 atom stereocenters. The Hall–Kier alpha value is -0.120. The van der Waals surface area contributed by atoms with Gasteiger partial charge in [-0.2, -0.15) is 0 Å². The minimum atomic E-state index is 0.773. The molecule has 88 valence electrons. The minimum absolute atomic E-state index is 0.773. The van der Waals surface area contributed by atoms with Crippen LogP contribution in [0.25, 0.3) is 0 Å². The number of methoxy groups -OCH3 is 1. The summed E-state index contributed by atoms with van der Waals surface area (Å²) < 4.78 is 5.13. The first-order valence-corrected chi connectivity index (χ1v) is 6.38. The summed E-state index contributed by atoms with van der Waals surface area (Å²) in [5.41, 5.74) is 0. The first kappa shape index (κ1) is 11.4. The van der Waals surface area contributed by atoms with E-state index < -0.39 is 0 Å². The molecular formula is C12H24N2O. The number of nitrogens with zero attached hydrogens (tertiary/aromatic N) is 1. The molecule has 15 heavy (non-hydrogen) atoms. The summed E-state index contributed by atoms with van der Waals surface area (Å²) >= 11 is 0. The number of rotatable bonds is 4. The minimum Gasteiger partial charge on any atom is -0.385 e. The van der Waals surface area contributed by atoms with Crippen LogP contribution in [-0.2, 0) is 4.74 Å². The van der Waals surface area contributed by atoms with Crippen molar-refractivity contribution in [2.75, 3.05) is 33.4 Å². The highest BCUT2D eigenvalue weighted by Gasteiger charge is 2.32. The van der Waals surface area contributed by atoms with Gasteiger partial charge in [0.15, 0.2) is 0 Å². The fraction of sp³-hybridized carbons (Fsp3) is 1.00. The average Bonchev–Trinajstić information content (AvgIpc) is 2.30. The van der Waals surface area contributed by atoms with Crippen molar-refractivity contribution in [1.29, 1.82) is 0 Å². The van der Waals surface area contributed by atoms with E-state index in [0.29, 0.717) is 0 Å². The van der Waals surface area contributed by atoms with Crippen LogP contribution in [-0.4, -0.2) is 50.3 Å². The Labute approximate surface area is 93.2 Å². The van der Waals surface area contributed by atoms with Crippen LogP contribution in [0.15, 0.2) is 0 Å². The van der Waals surface area contributed by atoms with Gasteiger partial charge < -0.3 is 10.1 Å². The lowest BCUT2D eigenvalue weighted by atomic mass is 9.87. The second-order valence-electron chi connectivity index (χ2n) is 4.79. The Morgan fingerprint density at radius 2 is 2.20 bits per heavy atom. The van der Waals surface area contributed by atoms with Crippen molar-refractivity contribution in [3.05, 3.63) is 0 Å². The smallest absolute Gasteiger partial charge is 0.0474 e. The molecule has 1 heterocycles. The van der Waals surface area contributed by atoms with Crippen molar-refractivity contribution < 1.29 is 4.74 Å². The number of fused-ring (bicyclic) bond motifs is 1. The molecule has 3 heteroatoms. The number of hydrogen-bond donors (Lipinski definition) is 1. The quantitative estimate of drug-likeness (QED) is 0.710. The SMILES string of the molecule is COCCCN1CCN[C@@H]2CCCC[C@@H]21. The molecule has 0 bridgehead atoms. The van der Waals surface area contributed by atoms with E-state index in [1.807, 2.05) is 0 Å². The maximum absolute atomic E-state index is 5.13. The summed E-state index contributed by atoms with van der Waals surface area (Å²) in [6, 6.07) is 1.58. The first-order chi connectivity index (χ1) is 7.42. The highest BCUT2D eigenvalue weighted by atomic mass is 16.5. The van der Waals surface area contributed by atoms with Crippen LogP contribution in [0.4, 0.5) is 0 Å². The lowest BCUT2D eigenvalue weighted by Gasteiger charge is -2.44. The summed E-state index contributed by atoms with van der Waals surface area (Å²) in [7, 11) is 1.79. The molecule has 2 rings (SSSR count). The fourth-order valence-electron chi connectivity index (χ4n) is 3.04. The van der Waals surface area contributed by atoms with Crippen LogP contribution in [0, 0.1) is 0 Å². The van der Waals surface area contributed by atoms with Crippen LogP contribution in [0.2, 0.25) is 0 Å². The topological polar surface area (TPSA) is 24.5 Å². The lowest BCUT2D eigenvalue weighted by molar-refractivity contribution is 0.0772. The standard InChI is InChI=1S/C12H24N2O/c1-15-10-4-8-14-9-7-13-11-5-2-3-6-12(11)14/h11-13H,2-10H2,1H3/t11-,12+/m1/s1. The molecule has 1 aliphatic carbocycles. The number of nitrogens with one attached hydrogen (secondary N) is 1. The average molecular weight is 212 g/mol. The Morgan fingerprint density at radius 3 is 3.07 bits per heavy atom. The molecule has 0 aromatic carbocycles. The molecule has 0 aromatic heterocycles. The Kier molecular flexibility index (Phi) is 4.42. The fourth-order valence-corrected chi connectivity index (χ4v) is 3.04. The van der Waals surface area contributed by atoms with Gasteiger partial charge in [-0.25, -0.2) is 0 Å². The van der Waals surface area contributed by atoms with Crippen molar-refractivity contribution >= 4 is 0 Å². The zero-order valence-electron chi connectivity index (χ0n) is 9.87. The summed E-state index contributed by atoms with van der Waals surface area (Å²) in [6.07, 6.45) is 6.79. The summed E-state index contributed by atoms with van der Waals surface area (Å²) in [4.78, 5) is 2.68. The summed E-state index contributed by atoms with van der Waals surface area (Å²) in [6.45, 7) is 4.52. The number of hydrogen-bond acceptors (Lipinski definition) is 3. The molecule has 1 saturated carbocycles. The van der Waals surface area contributed by atoms with E-state index in [1.54, 1.807) is 7.11 Å². The van der Waals surface area contributed by atoms with Gasteiger partial charge in [0, 0.05) is 45.4 Å². The Bertz CT molecular complexity index is 184. The van der Waals surface area contributed by atoms with Gasteiger partial charge in [0.25, 0.3) is 0 Å². The normalized spacial score (nSPS) is 32.6. The van der Waals surface area contributed by atoms with E-state index in [2.05, 4.69) is 10.2 Å². The van der Waals surface area contributed by atoms with E-state index in [0.717, 1.165) is 18.7 Å². The molecule has 1 N–H and O–H groups in total. The number of piperazine rings is 1. The zero-order chi connectivity index (χ0) is 10.5. The highest BCUT2D eigenvalue weighted by Crippen LogP contribution is 2.25. The Morgan fingerprint density at radius 1 is 1.33 bits per heavy atom. The van der Waals surface area contributed by atoms with Gasteiger partial charge in [-0.15, -0.1) is 0 Å². The van der Waals surface area contributed by atoms with Gasteiger partial charge in [-0.05, 0) is 19.3 Å². The van der Waals surface area contributed by atoms with E-state index in [1.165, 1.54) is 51.7 Å². The maximum Gasteiger partial charge on any atom is 0.0474 e. The van der Waals surface area contributed by atoms with Crippen molar-refractivity contribution in [3.63, 3.8) is 0 Å². The monoisotopic (exact) mass is 212 g/mol. The molecule has 0 spiro atoms. The van der Waals surface area contributed by atoms with Gasteiger partial charge in [0.1, 0.15) is 0 Å². The van der Waals surface area contributed by atoms with Gasteiger partial charge >= 0.3 is 0 Å². The second kappa shape index (κ2) is 5.83. The molecule has 0 aromatic rings. The Balaban J connectivity index is 1.81. The third-order valence-electron chi connectivity index (χ3n) is 3.80.